The molecule has 160 valence electrons. The number of piperidine rings is 1. The lowest BCUT2D eigenvalue weighted by atomic mass is 10.1. The van der Waals surface area contributed by atoms with Crippen molar-refractivity contribution < 1.29 is 22.7 Å². The number of benzene rings is 1. The summed E-state index contributed by atoms with van der Waals surface area (Å²) < 4.78 is 42.3. The van der Waals surface area contributed by atoms with Crippen LogP contribution in [0.25, 0.3) is 0 Å². The molecule has 0 bridgehead atoms. The average Bonchev–Trinajstić information content (AvgIpc) is 3.03. The minimum Gasteiger partial charge on any atom is -0.406 e. The molecule has 1 amide bonds. The van der Waals surface area contributed by atoms with Gasteiger partial charge in [0.1, 0.15) is 5.75 Å². The van der Waals surface area contributed by atoms with Crippen LogP contribution in [0.1, 0.15) is 40.6 Å². The van der Waals surface area contributed by atoms with Crippen molar-refractivity contribution in [2.75, 3.05) is 20.1 Å². The lowest BCUT2D eigenvalue weighted by Gasteiger charge is -2.23. The Morgan fingerprint density at radius 2 is 1.90 bits per heavy atom. The van der Waals surface area contributed by atoms with Gasteiger partial charge in [-0.2, -0.15) is 0 Å². The normalized spacial score (nSPS) is 14.9. The predicted octanol–water partition coefficient (Wildman–Crippen LogP) is 3.10. The molecule has 1 N–H and O–H groups in total. The quantitative estimate of drug-likeness (QED) is 0.784. The highest BCUT2D eigenvalue weighted by atomic mass is 35.5. The first-order valence-electron chi connectivity index (χ1n) is 8.97. The molecule has 1 aliphatic heterocycles. The molecule has 1 aromatic carbocycles. The van der Waals surface area contributed by atoms with Gasteiger partial charge in [-0.15, -0.1) is 30.7 Å². The monoisotopic (exact) mass is 433 g/mol. The molecule has 1 aromatic heterocycles. The molecule has 0 atom stereocenters. The maximum atomic E-state index is 12.7. The molecule has 0 unspecified atom stereocenters. The number of ether oxygens (including phenoxy) is 1. The summed E-state index contributed by atoms with van der Waals surface area (Å²) in [7, 11) is 1.62. The van der Waals surface area contributed by atoms with E-state index in [1.54, 1.807) is 7.05 Å². The zero-order valence-corrected chi connectivity index (χ0v) is 16.9. The minimum absolute atomic E-state index is 0. The Kier molecular flexibility index (Phi) is 7.48. The third-order valence-electron chi connectivity index (χ3n) is 4.71. The highest BCUT2D eigenvalue weighted by Gasteiger charge is 2.31. The van der Waals surface area contributed by atoms with Crippen molar-refractivity contribution in [3.8, 4) is 5.75 Å². The predicted molar refractivity (Wildman–Crippen MR) is 102 cm³/mol. The summed E-state index contributed by atoms with van der Waals surface area (Å²) >= 11 is 0. The number of carbonyl (C=O) groups is 1. The lowest BCUT2D eigenvalue weighted by Crippen LogP contribution is -2.30. The molecule has 0 spiro atoms. The number of nitrogens with one attached hydrogen (secondary N) is 1. The van der Waals surface area contributed by atoms with Crippen LogP contribution in [0.4, 0.5) is 13.2 Å². The van der Waals surface area contributed by atoms with Gasteiger partial charge in [-0.25, -0.2) is 4.68 Å². The van der Waals surface area contributed by atoms with E-state index in [1.165, 1.54) is 29.2 Å². The van der Waals surface area contributed by atoms with Gasteiger partial charge in [0.2, 0.25) is 0 Å². The van der Waals surface area contributed by atoms with E-state index in [0.29, 0.717) is 5.56 Å². The van der Waals surface area contributed by atoms with Gasteiger partial charge in [0.15, 0.2) is 5.69 Å². The number of alkyl halides is 3. The lowest BCUT2D eigenvalue weighted by molar-refractivity contribution is -0.274. The zero-order valence-electron chi connectivity index (χ0n) is 16.1. The fourth-order valence-electron chi connectivity index (χ4n) is 3.26. The summed E-state index contributed by atoms with van der Waals surface area (Å²) in [5.74, 6) is -0.584. The summed E-state index contributed by atoms with van der Waals surface area (Å²) in [6.45, 7) is 3.86. The number of carbonyl (C=O) groups excluding carboxylic acids is 1. The molecule has 0 aliphatic carbocycles. The number of amides is 1. The summed E-state index contributed by atoms with van der Waals surface area (Å²) in [6, 6.07) is 5.65. The van der Waals surface area contributed by atoms with Crippen LogP contribution in [0.3, 0.4) is 0 Å². The van der Waals surface area contributed by atoms with Crippen molar-refractivity contribution >= 4 is 18.3 Å². The summed E-state index contributed by atoms with van der Waals surface area (Å²) in [5.41, 5.74) is 1.68. The SMILES string of the molecule is Cc1c(C(=O)N(C)Cc2ccc(OC(F)(F)F)cc2)nnn1C1CCNCC1.Cl. The van der Waals surface area contributed by atoms with E-state index in [9.17, 15) is 18.0 Å². The Morgan fingerprint density at radius 3 is 2.48 bits per heavy atom. The summed E-state index contributed by atoms with van der Waals surface area (Å²) in [5, 5.41) is 11.5. The zero-order chi connectivity index (χ0) is 20.3. The topological polar surface area (TPSA) is 72.3 Å². The van der Waals surface area contributed by atoms with Gasteiger partial charge >= 0.3 is 6.36 Å². The highest BCUT2D eigenvalue weighted by molar-refractivity contribution is 5.93. The number of hydrogen-bond acceptors (Lipinski definition) is 5. The molecule has 7 nitrogen and oxygen atoms in total. The van der Waals surface area contributed by atoms with E-state index in [0.717, 1.165) is 31.6 Å². The maximum absolute atomic E-state index is 12.7. The summed E-state index contributed by atoms with van der Waals surface area (Å²) in [4.78, 5) is 14.2. The standard InChI is InChI=1S/C18H22F3N5O2.ClH/c1-12-16(23-24-26(12)14-7-9-22-10-8-14)17(27)25(2)11-13-3-5-15(6-4-13)28-18(19,20)21;/h3-6,14,22H,7-11H2,1-2H3;1H. The maximum Gasteiger partial charge on any atom is 0.573 e. The van der Waals surface area contributed by atoms with Crippen LogP contribution >= 0.6 is 12.4 Å². The van der Waals surface area contributed by atoms with Crippen LogP contribution in [0.2, 0.25) is 0 Å². The molecule has 11 heteroatoms. The van der Waals surface area contributed by atoms with Crippen LogP contribution in [-0.2, 0) is 6.54 Å². The summed E-state index contributed by atoms with van der Waals surface area (Å²) in [6.07, 6.45) is -2.87. The van der Waals surface area contributed by atoms with Crippen LogP contribution in [0, 0.1) is 6.92 Å². The molecule has 0 radical (unpaired) electrons. The van der Waals surface area contributed by atoms with Gasteiger partial charge in [0, 0.05) is 13.6 Å². The van der Waals surface area contributed by atoms with E-state index in [4.69, 9.17) is 0 Å². The third-order valence-corrected chi connectivity index (χ3v) is 4.71. The van der Waals surface area contributed by atoms with Gasteiger partial charge in [0.05, 0.1) is 11.7 Å². The van der Waals surface area contributed by atoms with Crippen LogP contribution in [-0.4, -0.2) is 52.3 Å². The smallest absolute Gasteiger partial charge is 0.406 e. The Hall–Kier alpha value is -2.33. The molecular weight excluding hydrogens is 411 g/mol. The van der Waals surface area contributed by atoms with E-state index < -0.39 is 6.36 Å². The van der Waals surface area contributed by atoms with E-state index in [2.05, 4.69) is 20.4 Å². The fourth-order valence-corrected chi connectivity index (χ4v) is 3.26. The van der Waals surface area contributed by atoms with Crippen LogP contribution < -0.4 is 10.1 Å². The second-order valence-corrected chi connectivity index (χ2v) is 6.80. The van der Waals surface area contributed by atoms with Gasteiger partial charge in [-0.3, -0.25) is 4.79 Å². The first kappa shape index (κ1) is 23.0. The van der Waals surface area contributed by atoms with Crippen molar-refractivity contribution in [1.29, 1.82) is 0 Å². The van der Waals surface area contributed by atoms with Gasteiger partial charge < -0.3 is 15.0 Å². The second-order valence-electron chi connectivity index (χ2n) is 6.80. The van der Waals surface area contributed by atoms with Gasteiger partial charge in [-0.1, -0.05) is 17.3 Å². The number of aromatic nitrogens is 3. The third kappa shape index (κ3) is 5.83. The minimum atomic E-state index is -4.73. The average molecular weight is 434 g/mol. The number of nitrogens with zero attached hydrogens (tertiary/aromatic N) is 4. The van der Waals surface area contributed by atoms with E-state index >= 15 is 0 Å². The molecule has 29 heavy (non-hydrogen) atoms. The van der Waals surface area contributed by atoms with Crippen LogP contribution in [0.5, 0.6) is 5.75 Å². The number of hydrogen-bond donors (Lipinski definition) is 1. The molecule has 3 rings (SSSR count). The molecule has 0 saturated carbocycles. The molecule has 2 aromatic rings. The van der Waals surface area contributed by atoms with Crippen molar-refractivity contribution in [2.24, 2.45) is 0 Å². The van der Waals surface area contributed by atoms with Crippen LogP contribution in [0.15, 0.2) is 24.3 Å². The first-order chi connectivity index (χ1) is 13.2. The molecule has 2 heterocycles. The van der Waals surface area contributed by atoms with Crippen molar-refractivity contribution in [3.63, 3.8) is 0 Å². The molecule has 1 fully saturated rings. The Labute approximate surface area is 172 Å². The van der Waals surface area contributed by atoms with Crippen molar-refractivity contribution in [2.45, 2.75) is 38.7 Å². The highest BCUT2D eigenvalue weighted by Crippen LogP contribution is 2.24. The van der Waals surface area contributed by atoms with Gasteiger partial charge in [-0.05, 0) is 50.6 Å². The van der Waals surface area contributed by atoms with Crippen molar-refractivity contribution in [3.05, 3.63) is 41.2 Å². The molecule has 1 saturated heterocycles. The van der Waals surface area contributed by atoms with E-state index in [-0.39, 0.29) is 42.3 Å². The van der Waals surface area contributed by atoms with E-state index in [1.807, 2.05) is 11.6 Å². The second kappa shape index (κ2) is 9.45. The van der Waals surface area contributed by atoms with Crippen molar-refractivity contribution in [1.82, 2.24) is 25.2 Å². The molecular formula is C18H23ClF3N5O2. The number of halogens is 4. The first-order valence-corrected chi connectivity index (χ1v) is 8.97. The van der Waals surface area contributed by atoms with Gasteiger partial charge in [0.25, 0.3) is 5.91 Å². The number of rotatable bonds is 5. The Bertz CT molecular complexity index is 820. The molecule has 1 aliphatic rings. The largest absolute Gasteiger partial charge is 0.573 e. The fraction of sp³-hybridized carbons (Fsp3) is 0.500. The Morgan fingerprint density at radius 1 is 1.28 bits per heavy atom. The Balaban J connectivity index is 0.00000300.